The van der Waals surface area contributed by atoms with Gasteiger partial charge in [0.1, 0.15) is 17.6 Å². The Morgan fingerprint density at radius 1 is 1.02 bits per heavy atom. The van der Waals surface area contributed by atoms with E-state index in [9.17, 15) is 18.5 Å². The number of carbonyl (C=O) groups excluding carboxylic acids is 1. The highest BCUT2D eigenvalue weighted by Gasteiger charge is 2.25. The van der Waals surface area contributed by atoms with Crippen LogP contribution in [-0.4, -0.2) is 64.9 Å². The zero-order valence-corrected chi connectivity index (χ0v) is 24.8. The van der Waals surface area contributed by atoms with E-state index in [-0.39, 0.29) is 54.2 Å². The Kier molecular flexibility index (Phi) is 10.1. The topological polar surface area (TPSA) is 126 Å². The Bertz CT molecular complexity index is 1730. The minimum Gasteiger partial charge on any atom is -0.482 e. The first-order chi connectivity index (χ1) is 20.2. The smallest absolute Gasteiger partial charge is 0.344 e. The van der Waals surface area contributed by atoms with Gasteiger partial charge in [-0.05, 0) is 42.8 Å². The van der Waals surface area contributed by atoms with Crippen molar-refractivity contribution in [2.75, 3.05) is 46.6 Å². The fourth-order valence-electron chi connectivity index (χ4n) is 4.35. The molecule has 0 fully saturated rings. The molecular weight excluding hydrogens is 584 g/mol. The van der Waals surface area contributed by atoms with Crippen LogP contribution in [0.25, 0.3) is 33.3 Å². The number of methoxy groups -OCH3 is 1. The molecule has 10 nitrogen and oxygen atoms in total. The van der Waals surface area contributed by atoms with Crippen LogP contribution in [0, 0.1) is 11.3 Å². The number of nitriles is 1. The van der Waals surface area contributed by atoms with Gasteiger partial charge in [-0.1, -0.05) is 41.9 Å². The molecule has 0 radical (unpaired) electrons. The normalized spacial score (nSPS) is 11.3. The van der Waals surface area contributed by atoms with Crippen LogP contribution >= 0.6 is 11.6 Å². The van der Waals surface area contributed by atoms with Gasteiger partial charge in [0.15, 0.2) is 13.4 Å². The third-order valence-corrected chi connectivity index (χ3v) is 7.47. The summed E-state index contributed by atoms with van der Waals surface area (Å²) in [6, 6.07) is 19.2. The van der Waals surface area contributed by atoms with Gasteiger partial charge >= 0.3 is 5.97 Å². The van der Waals surface area contributed by atoms with E-state index in [4.69, 9.17) is 35.3 Å². The summed E-state index contributed by atoms with van der Waals surface area (Å²) in [6.45, 7) is 1.98. The van der Waals surface area contributed by atoms with E-state index < -0.39 is 16.0 Å². The van der Waals surface area contributed by atoms with Crippen molar-refractivity contribution in [3.05, 3.63) is 71.2 Å². The standard InChI is InChI=1S/C30H29ClN2O8S/c1-4-39-29(34)18-40-23-14-24(20-8-6-5-7-9-20)30(41-19-38-11-10-37-2)25(15-23)28-13-21-12-22(17-32)26(31)16-27(21)33(28)42(3,35)36/h5-9,12-16H,4,10-11,18-19H2,1-3H3. The molecule has 3 aromatic carbocycles. The Morgan fingerprint density at radius 3 is 2.43 bits per heavy atom. The third-order valence-electron chi connectivity index (χ3n) is 6.10. The SMILES string of the molecule is CCOC(=O)COc1cc(-c2ccccc2)c(OCOCCOC)c(-c2cc3cc(C#N)c(Cl)cc3n2S(C)(=O)=O)c1. The van der Waals surface area contributed by atoms with Crippen molar-refractivity contribution < 1.29 is 36.9 Å². The summed E-state index contributed by atoms with van der Waals surface area (Å²) in [6.07, 6.45) is 1.07. The molecule has 0 saturated carbocycles. The highest BCUT2D eigenvalue weighted by atomic mass is 35.5. The maximum atomic E-state index is 13.2. The Morgan fingerprint density at radius 2 is 1.76 bits per heavy atom. The summed E-state index contributed by atoms with van der Waals surface area (Å²) >= 11 is 6.30. The number of halogens is 1. The molecule has 12 heteroatoms. The summed E-state index contributed by atoms with van der Waals surface area (Å²) in [5.74, 6) is 0.0168. The molecule has 42 heavy (non-hydrogen) atoms. The van der Waals surface area contributed by atoms with Gasteiger partial charge in [-0.25, -0.2) is 17.2 Å². The lowest BCUT2D eigenvalue weighted by Crippen LogP contribution is -2.15. The number of carbonyl (C=O) groups is 1. The van der Waals surface area contributed by atoms with Crippen molar-refractivity contribution in [1.82, 2.24) is 3.97 Å². The average molecular weight is 613 g/mol. The van der Waals surface area contributed by atoms with Crippen LogP contribution in [0.5, 0.6) is 11.5 Å². The monoisotopic (exact) mass is 612 g/mol. The summed E-state index contributed by atoms with van der Waals surface area (Å²) in [5, 5.41) is 10.1. The number of nitrogens with zero attached hydrogens (tertiary/aromatic N) is 2. The molecule has 0 N–H and O–H groups in total. The van der Waals surface area contributed by atoms with Crippen molar-refractivity contribution in [3.8, 4) is 40.0 Å². The highest BCUT2D eigenvalue weighted by molar-refractivity contribution is 7.89. The molecule has 0 amide bonds. The molecule has 0 spiro atoms. The molecular formula is C30H29ClN2O8S. The average Bonchev–Trinajstić information content (AvgIpc) is 3.35. The van der Waals surface area contributed by atoms with Crippen LogP contribution < -0.4 is 9.47 Å². The lowest BCUT2D eigenvalue weighted by atomic mass is 9.99. The number of benzene rings is 3. The molecule has 0 aliphatic heterocycles. The number of hydrogen-bond acceptors (Lipinski definition) is 9. The van der Waals surface area contributed by atoms with Gasteiger partial charge in [0.05, 0.1) is 47.9 Å². The van der Waals surface area contributed by atoms with E-state index >= 15 is 0 Å². The highest BCUT2D eigenvalue weighted by Crippen LogP contribution is 2.45. The first kappa shape index (κ1) is 30.9. The van der Waals surface area contributed by atoms with E-state index in [2.05, 4.69) is 0 Å². The predicted molar refractivity (Wildman–Crippen MR) is 158 cm³/mol. The third kappa shape index (κ3) is 7.03. The maximum Gasteiger partial charge on any atom is 0.344 e. The molecule has 4 rings (SSSR count). The van der Waals surface area contributed by atoms with E-state index in [0.29, 0.717) is 28.9 Å². The second-order valence-corrected chi connectivity index (χ2v) is 11.3. The fourth-order valence-corrected chi connectivity index (χ4v) is 5.57. The van der Waals surface area contributed by atoms with Crippen LogP contribution in [-0.2, 0) is 29.0 Å². The summed E-state index contributed by atoms with van der Waals surface area (Å²) in [4.78, 5) is 12.1. The number of aromatic nitrogens is 1. The van der Waals surface area contributed by atoms with Gasteiger partial charge in [-0.2, -0.15) is 5.26 Å². The van der Waals surface area contributed by atoms with Crippen LogP contribution in [0.3, 0.4) is 0 Å². The van der Waals surface area contributed by atoms with Crippen LogP contribution in [0.4, 0.5) is 0 Å². The number of fused-ring (bicyclic) bond motifs is 1. The Labute approximate surface area is 248 Å². The lowest BCUT2D eigenvalue weighted by molar-refractivity contribution is -0.145. The molecule has 0 bridgehead atoms. The summed E-state index contributed by atoms with van der Waals surface area (Å²) < 4.78 is 55.2. The zero-order valence-electron chi connectivity index (χ0n) is 23.3. The molecule has 0 aliphatic carbocycles. The molecule has 220 valence electrons. The van der Waals surface area contributed by atoms with E-state index in [1.54, 1.807) is 32.2 Å². The predicted octanol–water partition coefficient (Wildman–Crippen LogP) is 5.25. The molecule has 0 atom stereocenters. The number of hydrogen-bond donors (Lipinski definition) is 0. The Balaban J connectivity index is 2.00. The van der Waals surface area contributed by atoms with Gasteiger partial charge in [0.2, 0.25) is 10.0 Å². The second-order valence-electron chi connectivity index (χ2n) is 9.03. The number of esters is 1. The first-order valence-corrected chi connectivity index (χ1v) is 15.1. The van der Waals surface area contributed by atoms with Crippen molar-refractivity contribution in [1.29, 1.82) is 5.26 Å². The van der Waals surface area contributed by atoms with Gasteiger partial charge < -0.3 is 23.7 Å². The van der Waals surface area contributed by atoms with Gasteiger partial charge in [0.25, 0.3) is 0 Å². The Hall–Kier alpha value is -4.08. The number of ether oxygens (including phenoxy) is 5. The molecule has 0 aliphatic rings. The van der Waals surface area contributed by atoms with Crippen LogP contribution in [0.2, 0.25) is 5.02 Å². The molecule has 0 saturated heterocycles. The summed E-state index contributed by atoms with van der Waals surface area (Å²) in [5.41, 5.74) is 2.33. The molecule has 1 heterocycles. The van der Waals surface area contributed by atoms with Gasteiger partial charge in [0, 0.05) is 23.6 Å². The van der Waals surface area contributed by atoms with Gasteiger partial charge in [-0.3, -0.25) is 0 Å². The lowest BCUT2D eigenvalue weighted by Gasteiger charge is -2.19. The van der Waals surface area contributed by atoms with Crippen molar-refractivity contribution in [2.45, 2.75) is 6.92 Å². The minimum atomic E-state index is -3.92. The molecule has 0 unspecified atom stereocenters. The molecule has 4 aromatic rings. The zero-order chi connectivity index (χ0) is 30.3. The van der Waals surface area contributed by atoms with Gasteiger partial charge in [-0.15, -0.1) is 0 Å². The van der Waals surface area contributed by atoms with E-state index in [1.165, 1.54) is 12.1 Å². The first-order valence-electron chi connectivity index (χ1n) is 12.8. The fraction of sp³-hybridized carbons (Fsp3) is 0.267. The van der Waals surface area contributed by atoms with Crippen molar-refractivity contribution >= 4 is 38.5 Å². The van der Waals surface area contributed by atoms with Crippen molar-refractivity contribution in [2.24, 2.45) is 0 Å². The largest absolute Gasteiger partial charge is 0.482 e. The number of rotatable bonds is 13. The molecule has 1 aromatic heterocycles. The second kappa shape index (κ2) is 13.7. The van der Waals surface area contributed by atoms with Crippen LogP contribution in [0.1, 0.15) is 12.5 Å². The summed E-state index contributed by atoms with van der Waals surface area (Å²) in [7, 11) is -2.36. The maximum absolute atomic E-state index is 13.2. The minimum absolute atomic E-state index is 0.110. The van der Waals surface area contributed by atoms with Crippen LogP contribution in [0.15, 0.2) is 60.7 Å². The van der Waals surface area contributed by atoms with E-state index in [0.717, 1.165) is 15.8 Å². The van der Waals surface area contributed by atoms with Crippen molar-refractivity contribution in [3.63, 3.8) is 0 Å². The quantitative estimate of drug-likeness (QED) is 0.113. The van der Waals surface area contributed by atoms with E-state index in [1.807, 2.05) is 36.4 Å².